The number of halogens is 3. The largest absolute Gasteiger partial charge is 0.493 e. The predicted octanol–water partition coefficient (Wildman–Crippen LogP) is 6.33. The average molecular weight is 627 g/mol. The van der Waals surface area contributed by atoms with Gasteiger partial charge in [0.1, 0.15) is 18.0 Å². The second-order valence-electron chi connectivity index (χ2n) is 11.3. The summed E-state index contributed by atoms with van der Waals surface area (Å²) < 4.78 is 71.2. The minimum atomic E-state index is -5.06. The van der Waals surface area contributed by atoms with E-state index in [-0.39, 0.29) is 40.1 Å². The van der Waals surface area contributed by atoms with E-state index in [9.17, 15) is 22.8 Å². The zero-order valence-electron chi connectivity index (χ0n) is 25.8. The maximum absolute atomic E-state index is 14.5. The lowest BCUT2D eigenvalue weighted by Crippen LogP contribution is -3.11. The van der Waals surface area contributed by atoms with Crippen LogP contribution >= 0.6 is 0 Å². The van der Waals surface area contributed by atoms with Gasteiger partial charge in [0, 0.05) is 0 Å². The Balaban J connectivity index is 1.66. The van der Waals surface area contributed by atoms with Gasteiger partial charge in [0.15, 0.2) is 17.1 Å². The van der Waals surface area contributed by atoms with Crippen molar-refractivity contribution >= 4 is 16.9 Å². The normalized spacial score (nSPS) is 14.0. The maximum atomic E-state index is 14.5. The van der Waals surface area contributed by atoms with E-state index in [1.165, 1.54) is 38.5 Å². The Bertz CT molecular complexity index is 1810. The average Bonchev–Trinajstić information content (AvgIpc) is 3.01. The molecule has 4 aromatic rings. The van der Waals surface area contributed by atoms with Crippen molar-refractivity contribution in [3.05, 3.63) is 86.3 Å². The van der Waals surface area contributed by atoms with Gasteiger partial charge in [0.2, 0.25) is 11.2 Å². The number of alkyl halides is 3. The first kappa shape index (κ1) is 31.9. The number of carbonyl (C=O) groups is 1. The fraction of sp³-hybridized carbons (Fsp3) is 0.353. The molecule has 0 saturated carbocycles. The van der Waals surface area contributed by atoms with E-state index in [1.807, 2.05) is 13.0 Å². The Hall–Kier alpha value is -4.51. The first-order valence-electron chi connectivity index (χ1n) is 14.6. The molecule has 1 aliphatic heterocycles. The molecule has 0 aliphatic carbocycles. The molecule has 5 rings (SSSR count). The summed E-state index contributed by atoms with van der Waals surface area (Å²) in [5, 5.41) is -0.114. The van der Waals surface area contributed by atoms with Crippen LogP contribution in [0.2, 0.25) is 0 Å². The van der Waals surface area contributed by atoms with Crippen molar-refractivity contribution in [1.29, 1.82) is 0 Å². The number of rotatable bonds is 8. The van der Waals surface area contributed by atoms with Crippen LogP contribution in [0.3, 0.4) is 0 Å². The van der Waals surface area contributed by atoms with Crippen LogP contribution in [-0.2, 0) is 12.7 Å². The standard InChI is InChI=1S/C34H34F3NO7/c1-19-15-20(2)21(3)27(16-19)43-31-29(39)23-10-12-25(44-33(40)22-9-11-26(41-4)28(17-22)42-5)24(18-38-13-7-6-8-14-38)30(23)45-32(31)34(35,36)37/h9-12,15-17H,6-8,13-14,18H2,1-5H3/p+1. The predicted molar refractivity (Wildman–Crippen MR) is 161 cm³/mol. The van der Waals surface area contributed by atoms with E-state index in [2.05, 4.69) is 0 Å². The summed E-state index contributed by atoms with van der Waals surface area (Å²) in [4.78, 5) is 28.1. The lowest BCUT2D eigenvalue weighted by Gasteiger charge is -2.25. The third-order valence-electron chi connectivity index (χ3n) is 8.12. The van der Waals surface area contributed by atoms with Crippen LogP contribution in [0.25, 0.3) is 11.0 Å². The summed E-state index contributed by atoms with van der Waals surface area (Å²) in [7, 11) is 2.89. The van der Waals surface area contributed by atoms with Gasteiger partial charge in [-0.25, -0.2) is 4.79 Å². The smallest absolute Gasteiger partial charge is 0.453 e. The topological polar surface area (TPSA) is 88.6 Å². The number of likely N-dealkylation sites (tertiary alicyclic amines) is 1. The van der Waals surface area contributed by atoms with Crippen LogP contribution in [0.4, 0.5) is 13.2 Å². The number of aryl methyl sites for hydroxylation is 2. The number of methoxy groups -OCH3 is 2. The minimum Gasteiger partial charge on any atom is -0.493 e. The summed E-state index contributed by atoms with van der Waals surface area (Å²) >= 11 is 0. The van der Waals surface area contributed by atoms with Crippen LogP contribution in [0, 0.1) is 20.8 Å². The second-order valence-corrected chi connectivity index (χ2v) is 11.3. The summed E-state index contributed by atoms with van der Waals surface area (Å²) in [6.45, 7) is 7.02. The monoisotopic (exact) mass is 626 g/mol. The number of benzene rings is 3. The molecule has 0 bridgehead atoms. The molecule has 1 fully saturated rings. The fourth-order valence-electron chi connectivity index (χ4n) is 5.64. The van der Waals surface area contributed by atoms with Gasteiger partial charge < -0.3 is 28.3 Å². The molecule has 2 heterocycles. The SMILES string of the molecule is COc1ccc(C(=O)Oc2ccc3c(=O)c(Oc4cc(C)cc(C)c4C)c(C(F)(F)F)oc3c2C[NH+]2CCCCC2)cc1OC. The molecule has 45 heavy (non-hydrogen) atoms. The second kappa shape index (κ2) is 12.8. The van der Waals surface area contributed by atoms with Crippen molar-refractivity contribution in [3.63, 3.8) is 0 Å². The van der Waals surface area contributed by atoms with Gasteiger partial charge in [-0.05, 0) is 93.1 Å². The van der Waals surface area contributed by atoms with Gasteiger partial charge in [-0.3, -0.25) is 4.79 Å². The Morgan fingerprint density at radius 2 is 1.58 bits per heavy atom. The number of hydrogen-bond donors (Lipinski definition) is 1. The van der Waals surface area contributed by atoms with Crippen molar-refractivity contribution in [2.45, 2.75) is 52.8 Å². The zero-order valence-corrected chi connectivity index (χ0v) is 25.8. The molecular weight excluding hydrogens is 591 g/mol. The zero-order chi connectivity index (χ0) is 32.5. The van der Waals surface area contributed by atoms with Crippen LogP contribution in [0.15, 0.2) is 51.7 Å². The number of nitrogens with one attached hydrogen (secondary N) is 1. The third kappa shape index (κ3) is 6.63. The van der Waals surface area contributed by atoms with E-state index in [0.29, 0.717) is 17.1 Å². The summed E-state index contributed by atoms with van der Waals surface area (Å²) in [6.07, 6.45) is -2.14. The molecule has 8 nitrogen and oxygen atoms in total. The summed E-state index contributed by atoms with van der Waals surface area (Å²) in [5.74, 6) is -2.45. The molecule has 0 amide bonds. The molecule has 1 N–H and O–H groups in total. The van der Waals surface area contributed by atoms with Crippen molar-refractivity contribution in [2.75, 3.05) is 27.3 Å². The Morgan fingerprint density at radius 1 is 0.889 bits per heavy atom. The van der Waals surface area contributed by atoms with Gasteiger partial charge in [0.05, 0.1) is 43.8 Å². The minimum absolute atomic E-state index is 0.00421. The lowest BCUT2D eigenvalue weighted by molar-refractivity contribution is -0.918. The first-order valence-corrected chi connectivity index (χ1v) is 14.6. The molecule has 0 spiro atoms. The van der Waals surface area contributed by atoms with Crippen LogP contribution in [0.1, 0.15) is 57.6 Å². The molecular formula is C34H35F3NO7+. The highest BCUT2D eigenvalue weighted by Gasteiger charge is 2.41. The fourth-order valence-corrected chi connectivity index (χ4v) is 5.64. The van der Waals surface area contributed by atoms with Gasteiger partial charge in [-0.15, -0.1) is 0 Å². The van der Waals surface area contributed by atoms with Gasteiger partial charge in [0.25, 0.3) is 5.76 Å². The number of hydrogen-bond acceptors (Lipinski definition) is 7. The van der Waals surface area contributed by atoms with Crippen LogP contribution in [-0.4, -0.2) is 33.3 Å². The Labute approximate surface area is 258 Å². The number of carbonyl (C=O) groups excluding carboxylic acids is 1. The molecule has 11 heteroatoms. The number of fused-ring (bicyclic) bond motifs is 1. The van der Waals surface area contributed by atoms with Crippen molar-refractivity contribution < 1.29 is 46.2 Å². The van der Waals surface area contributed by atoms with Crippen LogP contribution in [0.5, 0.6) is 28.7 Å². The molecule has 0 atom stereocenters. The number of piperidine rings is 1. The number of esters is 1. The first-order chi connectivity index (χ1) is 21.4. The van der Waals surface area contributed by atoms with Crippen molar-refractivity contribution in [1.82, 2.24) is 0 Å². The molecule has 3 aromatic carbocycles. The maximum Gasteiger partial charge on any atom is 0.453 e. The van der Waals surface area contributed by atoms with Crippen LogP contribution < -0.4 is 29.3 Å². The van der Waals surface area contributed by atoms with E-state index in [0.717, 1.165) is 48.4 Å². The molecule has 0 radical (unpaired) electrons. The van der Waals surface area contributed by atoms with E-state index in [1.54, 1.807) is 26.0 Å². The molecule has 1 aromatic heterocycles. The van der Waals surface area contributed by atoms with Gasteiger partial charge in [-0.1, -0.05) is 6.07 Å². The molecule has 1 saturated heterocycles. The Kier molecular flexibility index (Phi) is 9.11. The third-order valence-corrected chi connectivity index (χ3v) is 8.12. The summed E-state index contributed by atoms with van der Waals surface area (Å²) in [6, 6.07) is 10.6. The van der Waals surface area contributed by atoms with Gasteiger partial charge in [-0.2, -0.15) is 13.2 Å². The highest BCUT2D eigenvalue weighted by Crippen LogP contribution is 2.41. The van der Waals surface area contributed by atoms with Crippen molar-refractivity contribution in [3.8, 4) is 28.7 Å². The molecule has 0 unspecified atom stereocenters. The number of ether oxygens (including phenoxy) is 4. The molecule has 1 aliphatic rings. The van der Waals surface area contributed by atoms with E-state index >= 15 is 0 Å². The highest BCUT2D eigenvalue weighted by atomic mass is 19.4. The van der Waals surface area contributed by atoms with Crippen molar-refractivity contribution in [2.24, 2.45) is 0 Å². The highest BCUT2D eigenvalue weighted by molar-refractivity contribution is 5.93. The quantitative estimate of drug-likeness (QED) is 0.181. The summed E-state index contributed by atoms with van der Waals surface area (Å²) in [5.41, 5.74) is 1.21. The van der Waals surface area contributed by atoms with E-state index < -0.39 is 29.1 Å². The molecule has 238 valence electrons. The van der Waals surface area contributed by atoms with Gasteiger partial charge >= 0.3 is 12.1 Å². The lowest BCUT2D eigenvalue weighted by atomic mass is 10.0. The Morgan fingerprint density at radius 3 is 2.24 bits per heavy atom. The number of quaternary nitrogens is 1. The van der Waals surface area contributed by atoms with E-state index in [4.69, 9.17) is 23.4 Å².